The van der Waals surface area contributed by atoms with Gasteiger partial charge in [-0.05, 0) is 25.3 Å². The lowest BCUT2D eigenvalue weighted by Gasteiger charge is -2.37. The highest BCUT2D eigenvalue weighted by atomic mass is 32.2. The van der Waals surface area contributed by atoms with Crippen LogP contribution in [0.5, 0.6) is 0 Å². The summed E-state index contributed by atoms with van der Waals surface area (Å²) in [6.45, 7) is 10.3. The van der Waals surface area contributed by atoms with Crippen molar-refractivity contribution in [3.63, 3.8) is 0 Å². The summed E-state index contributed by atoms with van der Waals surface area (Å²) in [7, 11) is 0. The molecule has 2 aliphatic heterocycles. The average molecular weight is 306 g/mol. The second kappa shape index (κ2) is 7.10. The van der Waals surface area contributed by atoms with Crippen LogP contribution in [0, 0.1) is 6.08 Å². The lowest BCUT2D eigenvalue weighted by Crippen LogP contribution is -2.42. The van der Waals surface area contributed by atoms with Crippen molar-refractivity contribution >= 4 is 11.8 Å². The summed E-state index contributed by atoms with van der Waals surface area (Å²) in [5.74, 6) is 1.21. The smallest absolute Gasteiger partial charge is 0.110 e. The van der Waals surface area contributed by atoms with Gasteiger partial charge in [0.15, 0.2) is 0 Å². The molecule has 3 rings (SSSR count). The zero-order chi connectivity index (χ0) is 14.7. The van der Waals surface area contributed by atoms with E-state index in [9.17, 15) is 0 Å². The van der Waals surface area contributed by atoms with Crippen molar-refractivity contribution in [1.29, 1.82) is 0 Å². The van der Waals surface area contributed by atoms with Crippen molar-refractivity contribution in [2.24, 2.45) is 0 Å². The summed E-state index contributed by atoms with van der Waals surface area (Å²) in [5, 5.41) is 4.22. The molecular formula is C17H28N3S. The van der Waals surface area contributed by atoms with Crippen molar-refractivity contribution in [3.05, 3.63) is 22.9 Å². The van der Waals surface area contributed by atoms with Crippen LogP contribution in [0.1, 0.15) is 39.5 Å². The first kappa shape index (κ1) is 15.3. The van der Waals surface area contributed by atoms with Crippen molar-refractivity contribution < 1.29 is 0 Å². The van der Waals surface area contributed by atoms with Crippen LogP contribution in [0.15, 0.2) is 16.8 Å². The van der Waals surface area contributed by atoms with E-state index < -0.39 is 0 Å². The Morgan fingerprint density at radius 2 is 2.05 bits per heavy atom. The summed E-state index contributed by atoms with van der Waals surface area (Å²) >= 11 is 1.94. The molecule has 3 nitrogen and oxygen atoms in total. The molecule has 0 unspecified atom stereocenters. The molecule has 0 spiro atoms. The summed E-state index contributed by atoms with van der Waals surface area (Å²) in [6.07, 6.45) is 11.2. The van der Waals surface area contributed by atoms with Crippen molar-refractivity contribution in [2.75, 3.05) is 32.7 Å². The maximum atomic E-state index is 3.57. The largest absolute Gasteiger partial charge is 0.367 e. The molecule has 0 aromatic rings. The van der Waals surface area contributed by atoms with E-state index in [1.807, 2.05) is 11.8 Å². The van der Waals surface area contributed by atoms with Gasteiger partial charge in [-0.15, -0.1) is 11.8 Å². The highest BCUT2D eigenvalue weighted by Gasteiger charge is 2.27. The Morgan fingerprint density at radius 1 is 1.19 bits per heavy atom. The minimum absolute atomic E-state index is 0.649. The first-order chi connectivity index (χ1) is 10.2. The van der Waals surface area contributed by atoms with E-state index in [0.717, 1.165) is 19.1 Å². The fourth-order valence-electron chi connectivity index (χ4n) is 3.28. The molecule has 0 bridgehead atoms. The highest BCUT2D eigenvalue weighted by molar-refractivity contribution is 8.03. The van der Waals surface area contributed by atoms with Gasteiger partial charge in [-0.2, -0.15) is 0 Å². The van der Waals surface area contributed by atoms with Gasteiger partial charge in [-0.1, -0.05) is 20.3 Å². The Morgan fingerprint density at radius 3 is 2.67 bits per heavy atom. The van der Waals surface area contributed by atoms with Crippen LogP contribution in [0.3, 0.4) is 0 Å². The standard InChI is InChI=1S/C17H28N3S/c1-14(2)21-16-7-8-17(18-13-16)20-10-4-9-19(11-12-20)15-5-3-6-15/h7,14-15,18H,3-6,9-13H2,1-2H3. The van der Waals surface area contributed by atoms with E-state index >= 15 is 0 Å². The molecule has 117 valence electrons. The van der Waals surface area contributed by atoms with Crippen molar-refractivity contribution in [2.45, 2.75) is 50.8 Å². The van der Waals surface area contributed by atoms with E-state index in [4.69, 9.17) is 0 Å². The van der Waals surface area contributed by atoms with Gasteiger partial charge in [0, 0.05) is 55.0 Å². The zero-order valence-corrected chi connectivity index (χ0v) is 14.2. The van der Waals surface area contributed by atoms with Gasteiger partial charge in [0.2, 0.25) is 0 Å². The molecular weight excluding hydrogens is 278 g/mol. The third-order valence-corrected chi connectivity index (χ3v) is 5.66. The first-order valence-corrected chi connectivity index (χ1v) is 9.32. The zero-order valence-electron chi connectivity index (χ0n) is 13.4. The Hall–Kier alpha value is -0.610. The number of thioether (sulfide) groups is 1. The Labute approximate surface area is 133 Å². The molecule has 1 radical (unpaired) electrons. The average Bonchev–Trinajstić information content (AvgIpc) is 2.63. The molecule has 0 amide bonds. The van der Waals surface area contributed by atoms with Crippen LogP contribution < -0.4 is 5.32 Å². The van der Waals surface area contributed by atoms with Gasteiger partial charge < -0.3 is 10.2 Å². The Kier molecular flexibility index (Phi) is 5.17. The molecule has 1 saturated carbocycles. The van der Waals surface area contributed by atoms with Gasteiger partial charge in [0.1, 0.15) is 5.82 Å². The highest BCUT2D eigenvalue weighted by Crippen LogP contribution is 2.27. The molecule has 0 aromatic heterocycles. The lowest BCUT2D eigenvalue weighted by molar-refractivity contribution is 0.132. The number of dihydropyridines is 1. The maximum Gasteiger partial charge on any atom is 0.110 e. The molecule has 1 aliphatic carbocycles. The summed E-state index contributed by atoms with van der Waals surface area (Å²) < 4.78 is 0. The normalized spacial score (nSPS) is 25.0. The fraction of sp³-hybridized carbons (Fsp3) is 0.765. The molecule has 1 saturated heterocycles. The molecule has 21 heavy (non-hydrogen) atoms. The summed E-state index contributed by atoms with van der Waals surface area (Å²) in [6, 6.07) is 0.885. The second-order valence-electron chi connectivity index (χ2n) is 6.59. The van der Waals surface area contributed by atoms with Crippen LogP contribution in [0.2, 0.25) is 0 Å². The quantitative estimate of drug-likeness (QED) is 0.860. The second-order valence-corrected chi connectivity index (χ2v) is 8.29. The third-order valence-electron chi connectivity index (χ3n) is 4.62. The molecule has 2 fully saturated rings. The van der Waals surface area contributed by atoms with Gasteiger partial charge in [0.25, 0.3) is 0 Å². The predicted octanol–water partition coefficient (Wildman–Crippen LogP) is 2.82. The van der Waals surface area contributed by atoms with Crippen LogP contribution in [0.25, 0.3) is 0 Å². The lowest BCUT2D eigenvalue weighted by atomic mass is 9.91. The van der Waals surface area contributed by atoms with Crippen molar-refractivity contribution in [1.82, 2.24) is 15.1 Å². The minimum atomic E-state index is 0.649. The van der Waals surface area contributed by atoms with Crippen molar-refractivity contribution in [3.8, 4) is 0 Å². The Bertz CT molecular complexity index is 412. The molecule has 2 heterocycles. The van der Waals surface area contributed by atoms with Crippen LogP contribution in [0.4, 0.5) is 0 Å². The van der Waals surface area contributed by atoms with Crippen LogP contribution in [-0.2, 0) is 0 Å². The van der Waals surface area contributed by atoms with Gasteiger partial charge in [0.05, 0.1) is 0 Å². The fourth-order valence-corrected chi connectivity index (χ4v) is 4.17. The van der Waals surface area contributed by atoms with E-state index in [1.165, 1.54) is 56.0 Å². The van der Waals surface area contributed by atoms with E-state index in [1.54, 1.807) is 0 Å². The molecule has 3 aliphatic rings. The number of allylic oxidation sites excluding steroid dienone is 2. The number of hydrogen-bond donors (Lipinski definition) is 1. The first-order valence-electron chi connectivity index (χ1n) is 8.44. The molecule has 4 heteroatoms. The van der Waals surface area contributed by atoms with E-state index in [-0.39, 0.29) is 0 Å². The SMILES string of the molecule is CC(C)SC1=C[C]=C(N2CCCN(C3CCC3)CC2)NC1. The topological polar surface area (TPSA) is 18.5 Å². The number of nitrogens with one attached hydrogen (secondary N) is 1. The maximum absolute atomic E-state index is 3.57. The molecule has 0 atom stereocenters. The van der Waals surface area contributed by atoms with Gasteiger partial charge in [-0.25, -0.2) is 0 Å². The number of nitrogens with zero attached hydrogens (tertiary/aromatic N) is 2. The Balaban J connectivity index is 1.55. The summed E-state index contributed by atoms with van der Waals surface area (Å²) in [5.41, 5.74) is 0. The predicted molar refractivity (Wildman–Crippen MR) is 91.0 cm³/mol. The van der Waals surface area contributed by atoms with Crippen LogP contribution in [-0.4, -0.2) is 53.8 Å². The van der Waals surface area contributed by atoms with E-state index in [2.05, 4.69) is 41.1 Å². The summed E-state index contributed by atoms with van der Waals surface area (Å²) in [4.78, 5) is 6.61. The minimum Gasteiger partial charge on any atom is -0.367 e. The molecule has 0 aromatic carbocycles. The third kappa shape index (κ3) is 3.98. The molecule has 1 N–H and O–H groups in total. The van der Waals surface area contributed by atoms with Gasteiger partial charge >= 0.3 is 0 Å². The number of rotatable bonds is 4. The van der Waals surface area contributed by atoms with Gasteiger partial charge in [-0.3, -0.25) is 4.90 Å². The monoisotopic (exact) mass is 306 g/mol. The van der Waals surface area contributed by atoms with E-state index in [0.29, 0.717) is 5.25 Å². The number of hydrogen-bond acceptors (Lipinski definition) is 4. The van der Waals surface area contributed by atoms with Crippen LogP contribution >= 0.6 is 11.8 Å².